The maximum atomic E-state index is 10.5. The van der Waals surface area contributed by atoms with E-state index in [-0.39, 0.29) is 19.6 Å². The molecule has 0 heterocycles. The number of esters is 1. The van der Waals surface area contributed by atoms with E-state index in [0.717, 1.165) is 0 Å². The van der Waals surface area contributed by atoms with Gasteiger partial charge in [-0.25, -0.2) is 4.79 Å². The van der Waals surface area contributed by atoms with Crippen LogP contribution in [0.4, 0.5) is 0 Å². The Labute approximate surface area is 68.9 Å². The molecule has 0 aromatic rings. The Morgan fingerprint density at radius 1 is 1.50 bits per heavy atom. The van der Waals surface area contributed by atoms with E-state index < -0.39 is 18.0 Å². The molecule has 0 spiro atoms. The number of hydrogen-bond acceptors (Lipinski definition) is 5. The lowest BCUT2D eigenvalue weighted by atomic mass is 10.3. The highest BCUT2D eigenvalue weighted by Gasteiger charge is 2.20. The van der Waals surface area contributed by atoms with Crippen molar-refractivity contribution in [1.29, 1.82) is 0 Å². The monoisotopic (exact) mass is 177 g/mol. The molecule has 0 saturated heterocycles. The molecule has 4 N–H and O–H groups in total. The summed E-state index contributed by atoms with van der Waals surface area (Å²) in [5, 5.41) is 16.8. The van der Waals surface area contributed by atoms with Crippen molar-refractivity contribution in [3.63, 3.8) is 0 Å². The zero-order valence-corrected chi connectivity index (χ0v) is 6.40. The van der Waals surface area contributed by atoms with Crippen molar-refractivity contribution in [3.8, 4) is 0 Å². The van der Waals surface area contributed by atoms with Crippen LogP contribution in [-0.2, 0) is 14.3 Å². The summed E-state index contributed by atoms with van der Waals surface area (Å²) in [6.07, 6.45) is -1.42. The molecule has 6 nitrogen and oxygen atoms in total. The highest BCUT2D eigenvalue weighted by Crippen LogP contribution is 1.98. The molecular formula is C6H11NO5. The molecule has 0 saturated carbocycles. The third-order valence-electron chi connectivity index (χ3n) is 1.11. The fourth-order valence-corrected chi connectivity index (χ4v) is 0.557. The first-order valence-electron chi connectivity index (χ1n) is 3.35. The molecular weight excluding hydrogens is 166 g/mol. The summed E-state index contributed by atoms with van der Waals surface area (Å²) in [6.45, 7) is -0.718. The maximum absolute atomic E-state index is 10.5. The summed E-state index contributed by atoms with van der Waals surface area (Å²) < 4.78 is 4.38. The summed E-state index contributed by atoms with van der Waals surface area (Å²) in [7, 11) is 0. The fraction of sp³-hybridized carbons (Fsp3) is 0.667. The van der Waals surface area contributed by atoms with Crippen LogP contribution in [0.1, 0.15) is 6.42 Å². The number of rotatable bonds is 5. The van der Waals surface area contributed by atoms with Crippen molar-refractivity contribution in [3.05, 3.63) is 0 Å². The first-order chi connectivity index (χ1) is 5.61. The second-order valence-corrected chi connectivity index (χ2v) is 2.03. The quantitative estimate of drug-likeness (QED) is 0.433. The average molecular weight is 177 g/mol. The van der Waals surface area contributed by atoms with E-state index in [1.165, 1.54) is 0 Å². The minimum Gasteiger partial charge on any atom is -0.479 e. The Morgan fingerprint density at radius 2 is 2.08 bits per heavy atom. The molecule has 0 fully saturated rings. The molecule has 0 aromatic carbocycles. The molecule has 0 amide bonds. The van der Waals surface area contributed by atoms with Gasteiger partial charge in [0.1, 0.15) is 0 Å². The van der Waals surface area contributed by atoms with Gasteiger partial charge in [-0.2, -0.15) is 0 Å². The van der Waals surface area contributed by atoms with Gasteiger partial charge in [-0.3, -0.25) is 4.79 Å². The Bertz CT molecular complexity index is 167. The van der Waals surface area contributed by atoms with Gasteiger partial charge in [0.15, 0.2) is 0 Å². The maximum Gasteiger partial charge on any atom is 0.345 e. The molecule has 1 unspecified atom stereocenters. The molecule has 70 valence electrons. The summed E-state index contributed by atoms with van der Waals surface area (Å²) in [5.41, 5.74) is 4.89. The summed E-state index contributed by atoms with van der Waals surface area (Å²) in [6, 6.07) is 0. The lowest BCUT2D eigenvalue weighted by Crippen LogP contribution is -2.30. The van der Waals surface area contributed by atoms with E-state index >= 15 is 0 Å². The first kappa shape index (κ1) is 10.9. The molecule has 0 aromatic heterocycles. The number of carboxylic acid groups (broad SMARTS) is 1. The number of aliphatic hydroxyl groups excluding tert-OH is 1. The number of aliphatic carboxylic acids is 1. The van der Waals surface area contributed by atoms with E-state index in [9.17, 15) is 9.59 Å². The van der Waals surface area contributed by atoms with Crippen molar-refractivity contribution in [2.24, 2.45) is 5.73 Å². The second-order valence-electron chi connectivity index (χ2n) is 2.03. The van der Waals surface area contributed by atoms with Gasteiger partial charge in [0.25, 0.3) is 0 Å². The van der Waals surface area contributed by atoms with Gasteiger partial charge >= 0.3 is 11.9 Å². The minimum atomic E-state index is -1.30. The number of carbonyl (C=O) groups excluding carboxylic acids is 1. The first-order valence-corrected chi connectivity index (χ1v) is 3.35. The highest BCUT2D eigenvalue weighted by atomic mass is 16.6. The normalized spacial score (nSPS) is 12.2. The van der Waals surface area contributed by atoms with Crippen molar-refractivity contribution in [2.75, 3.05) is 13.2 Å². The largest absolute Gasteiger partial charge is 0.479 e. The Morgan fingerprint density at radius 3 is 2.42 bits per heavy atom. The molecule has 1 atom stereocenters. The van der Waals surface area contributed by atoms with E-state index in [4.69, 9.17) is 15.9 Å². The van der Waals surface area contributed by atoms with Gasteiger partial charge in [-0.05, 0) is 0 Å². The van der Waals surface area contributed by atoms with Gasteiger partial charge in [0, 0.05) is 13.0 Å². The van der Waals surface area contributed by atoms with Gasteiger partial charge in [-0.15, -0.1) is 0 Å². The molecule has 0 rings (SSSR count). The molecule has 0 radical (unpaired) electrons. The van der Waals surface area contributed by atoms with Gasteiger partial charge < -0.3 is 20.7 Å². The van der Waals surface area contributed by atoms with Crippen LogP contribution in [0.25, 0.3) is 0 Å². The molecule has 12 heavy (non-hydrogen) atoms. The minimum absolute atomic E-state index is 0.124. The standard InChI is InChI=1S/C6H11NO5/c7-3-5(9)12-4(1-2-8)6(10)11/h4,8H,1-3,7H2,(H,10,11). The number of hydrogen-bond donors (Lipinski definition) is 3. The average Bonchev–Trinajstić information content (AvgIpc) is 2.03. The molecule has 6 heteroatoms. The van der Waals surface area contributed by atoms with Crippen LogP contribution in [0, 0.1) is 0 Å². The molecule has 0 aliphatic rings. The lowest BCUT2D eigenvalue weighted by molar-refractivity contribution is -0.163. The zero-order chi connectivity index (χ0) is 9.56. The third-order valence-corrected chi connectivity index (χ3v) is 1.11. The van der Waals surface area contributed by atoms with E-state index in [1.807, 2.05) is 0 Å². The zero-order valence-electron chi connectivity index (χ0n) is 6.40. The Kier molecular flexibility index (Phi) is 4.98. The second kappa shape index (κ2) is 5.50. The van der Waals surface area contributed by atoms with Crippen LogP contribution in [0.3, 0.4) is 0 Å². The van der Waals surface area contributed by atoms with E-state index in [0.29, 0.717) is 0 Å². The van der Waals surface area contributed by atoms with Crippen LogP contribution in [0.2, 0.25) is 0 Å². The summed E-state index contributed by atoms with van der Waals surface area (Å²) >= 11 is 0. The lowest BCUT2D eigenvalue weighted by Gasteiger charge is -2.10. The van der Waals surface area contributed by atoms with Gasteiger partial charge in [-0.1, -0.05) is 0 Å². The molecule has 0 aliphatic heterocycles. The summed E-state index contributed by atoms with van der Waals surface area (Å²) in [4.78, 5) is 20.8. The Balaban J connectivity index is 3.95. The fourth-order valence-electron chi connectivity index (χ4n) is 0.557. The van der Waals surface area contributed by atoms with Gasteiger partial charge in [0.2, 0.25) is 6.10 Å². The number of aliphatic hydroxyl groups is 1. The third kappa shape index (κ3) is 3.89. The van der Waals surface area contributed by atoms with Gasteiger partial charge in [0.05, 0.1) is 6.54 Å². The molecule has 0 aliphatic carbocycles. The predicted molar refractivity (Wildman–Crippen MR) is 38.3 cm³/mol. The number of carboxylic acids is 1. The van der Waals surface area contributed by atoms with Crippen LogP contribution in [-0.4, -0.2) is 41.4 Å². The summed E-state index contributed by atoms with van der Waals surface area (Å²) in [5.74, 6) is -2.08. The van der Waals surface area contributed by atoms with E-state index in [1.54, 1.807) is 0 Å². The number of carbonyl (C=O) groups is 2. The van der Waals surface area contributed by atoms with Crippen LogP contribution in [0.5, 0.6) is 0 Å². The van der Waals surface area contributed by atoms with Crippen LogP contribution < -0.4 is 5.73 Å². The Hall–Kier alpha value is -1.14. The van der Waals surface area contributed by atoms with Crippen molar-refractivity contribution >= 4 is 11.9 Å². The van der Waals surface area contributed by atoms with Crippen molar-refractivity contribution in [1.82, 2.24) is 0 Å². The van der Waals surface area contributed by atoms with Crippen LogP contribution >= 0.6 is 0 Å². The van der Waals surface area contributed by atoms with Crippen molar-refractivity contribution in [2.45, 2.75) is 12.5 Å². The number of nitrogens with two attached hydrogens (primary N) is 1. The van der Waals surface area contributed by atoms with Crippen molar-refractivity contribution < 1.29 is 24.5 Å². The number of ether oxygens (including phenoxy) is 1. The van der Waals surface area contributed by atoms with Crippen LogP contribution in [0.15, 0.2) is 0 Å². The van der Waals surface area contributed by atoms with E-state index in [2.05, 4.69) is 4.74 Å². The SMILES string of the molecule is NCC(=O)OC(CCO)C(=O)O. The molecule has 0 bridgehead atoms. The topological polar surface area (TPSA) is 110 Å². The smallest absolute Gasteiger partial charge is 0.345 e. The highest BCUT2D eigenvalue weighted by molar-refractivity contribution is 5.78. The predicted octanol–water partition coefficient (Wildman–Crippen LogP) is -1.68.